The molecule has 0 spiro atoms. The number of hydrogen-bond donors (Lipinski definition) is 2. The van der Waals surface area contributed by atoms with Crippen LogP contribution in [0.4, 0.5) is 0 Å². The minimum atomic E-state index is -0.241. The summed E-state index contributed by atoms with van der Waals surface area (Å²) in [6, 6.07) is 19.0. The Morgan fingerprint density at radius 2 is 1.57 bits per heavy atom. The lowest BCUT2D eigenvalue weighted by Gasteiger charge is -2.39. The Balaban J connectivity index is 0.00000135. The molecule has 116 valence electrons. The molecule has 0 unspecified atom stereocenters. The van der Waals surface area contributed by atoms with Gasteiger partial charge >= 0.3 is 0 Å². The van der Waals surface area contributed by atoms with Crippen molar-refractivity contribution in [2.45, 2.75) is 5.54 Å². The van der Waals surface area contributed by atoms with E-state index in [2.05, 4.69) is 53.8 Å². The molecule has 1 aliphatic heterocycles. The van der Waals surface area contributed by atoms with Gasteiger partial charge in [-0.2, -0.15) is 0 Å². The molecule has 1 aliphatic rings. The highest BCUT2D eigenvalue weighted by atomic mass is 35.5. The van der Waals surface area contributed by atoms with Gasteiger partial charge in [-0.3, -0.25) is 0 Å². The standard InChI is InChI=1S/C19H16N2O.ClH/c20-19(10-21-11-19)14-5-6-17-16(9-14)15-7-12-3-1-2-4-13(12)8-18(15)22-17;/h1-9,21H,10-11,20H2;1H. The van der Waals surface area contributed by atoms with Crippen LogP contribution in [0.3, 0.4) is 0 Å². The zero-order chi connectivity index (χ0) is 14.7. The van der Waals surface area contributed by atoms with Crippen molar-refractivity contribution in [1.82, 2.24) is 5.32 Å². The van der Waals surface area contributed by atoms with Crippen LogP contribution in [-0.4, -0.2) is 13.1 Å². The molecule has 3 aromatic carbocycles. The number of hydrogen-bond acceptors (Lipinski definition) is 3. The molecule has 1 saturated heterocycles. The third-order valence-corrected chi connectivity index (χ3v) is 4.79. The molecule has 5 rings (SSSR count). The van der Waals surface area contributed by atoms with Crippen LogP contribution in [-0.2, 0) is 5.54 Å². The average molecular weight is 325 g/mol. The van der Waals surface area contributed by atoms with Crippen LogP contribution in [0.1, 0.15) is 5.56 Å². The Labute approximate surface area is 139 Å². The summed E-state index contributed by atoms with van der Waals surface area (Å²) in [5.41, 5.74) is 9.21. The summed E-state index contributed by atoms with van der Waals surface area (Å²) >= 11 is 0. The average Bonchev–Trinajstić information content (AvgIpc) is 2.87. The van der Waals surface area contributed by atoms with E-state index >= 15 is 0 Å². The number of nitrogens with two attached hydrogens (primary N) is 1. The molecule has 3 N–H and O–H groups in total. The molecule has 1 fully saturated rings. The van der Waals surface area contributed by atoms with Crippen LogP contribution in [0.15, 0.2) is 59.0 Å². The quantitative estimate of drug-likeness (QED) is 0.558. The van der Waals surface area contributed by atoms with Crippen molar-refractivity contribution in [2.75, 3.05) is 13.1 Å². The van der Waals surface area contributed by atoms with Gasteiger partial charge in [-0.15, -0.1) is 12.4 Å². The first-order valence-electron chi connectivity index (χ1n) is 7.58. The fourth-order valence-electron chi connectivity index (χ4n) is 3.37. The number of rotatable bonds is 1. The highest BCUT2D eigenvalue weighted by Crippen LogP contribution is 2.34. The first-order chi connectivity index (χ1) is 10.7. The molecule has 2 heterocycles. The summed E-state index contributed by atoms with van der Waals surface area (Å²) in [4.78, 5) is 0. The maximum absolute atomic E-state index is 6.43. The highest BCUT2D eigenvalue weighted by Gasteiger charge is 2.34. The zero-order valence-corrected chi connectivity index (χ0v) is 13.3. The Bertz CT molecular complexity index is 1030. The van der Waals surface area contributed by atoms with Crippen LogP contribution < -0.4 is 11.1 Å². The summed E-state index contributed by atoms with van der Waals surface area (Å²) < 4.78 is 6.02. The van der Waals surface area contributed by atoms with Crippen molar-refractivity contribution in [1.29, 1.82) is 0 Å². The number of halogens is 1. The van der Waals surface area contributed by atoms with Crippen molar-refractivity contribution in [3.05, 3.63) is 60.2 Å². The molecule has 3 nitrogen and oxygen atoms in total. The number of benzene rings is 3. The van der Waals surface area contributed by atoms with Gasteiger partial charge < -0.3 is 15.5 Å². The van der Waals surface area contributed by atoms with Gasteiger partial charge in [-0.25, -0.2) is 0 Å². The van der Waals surface area contributed by atoms with Gasteiger partial charge in [0.25, 0.3) is 0 Å². The Morgan fingerprint density at radius 3 is 2.26 bits per heavy atom. The molecular formula is C19H17ClN2O. The minimum absolute atomic E-state index is 0. The monoisotopic (exact) mass is 324 g/mol. The van der Waals surface area contributed by atoms with E-state index in [0.29, 0.717) is 0 Å². The molecule has 0 atom stereocenters. The first kappa shape index (κ1) is 14.5. The number of nitrogens with one attached hydrogen (secondary N) is 1. The summed E-state index contributed by atoms with van der Waals surface area (Å²) in [7, 11) is 0. The third-order valence-electron chi connectivity index (χ3n) is 4.79. The van der Waals surface area contributed by atoms with E-state index in [0.717, 1.165) is 35.0 Å². The van der Waals surface area contributed by atoms with Crippen LogP contribution in [0, 0.1) is 0 Å². The molecule has 0 aliphatic carbocycles. The van der Waals surface area contributed by atoms with E-state index in [4.69, 9.17) is 10.2 Å². The van der Waals surface area contributed by atoms with Crippen LogP contribution in [0.5, 0.6) is 0 Å². The Hall–Kier alpha value is -2.07. The zero-order valence-electron chi connectivity index (χ0n) is 12.5. The topological polar surface area (TPSA) is 51.2 Å². The van der Waals surface area contributed by atoms with Gasteiger partial charge in [0, 0.05) is 23.9 Å². The van der Waals surface area contributed by atoms with Crippen LogP contribution in [0.25, 0.3) is 32.7 Å². The van der Waals surface area contributed by atoms with Crippen LogP contribution >= 0.6 is 12.4 Å². The van der Waals surface area contributed by atoms with Crippen molar-refractivity contribution in [3.8, 4) is 0 Å². The molecule has 4 heteroatoms. The van der Waals surface area contributed by atoms with Crippen molar-refractivity contribution < 1.29 is 4.42 Å². The number of furan rings is 1. The molecule has 0 radical (unpaired) electrons. The maximum Gasteiger partial charge on any atom is 0.136 e. The molecular weight excluding hydrogens is 308 g/mol. The summed E-state index contributed by atoms with van der Waals surface area (Å²) in [6.07, 6.45) is 0. The fourth-order valence-corrected chi connectivity index (χ4v) is 3.37. The molecule has 23 heavy (non-hydrogen) atoms. The summed E-state index contributed by atoms with van der Waals surface area (Å²) in [5.74, 6) is 0. The van der Waals surface area contributed by atoms with Gasteiger partial charge in [0.2, 0.25) is 0 Å². The molecule has 0 bridgehead atoms. The van der Waals surface area contributed by atoms with Crippen molar-refractivity contribution >= 4 is 45.1 Å². The lowest BCUT2D eigenvalue weighted by molar-refractivity contribution is 0.287. The minimum Gasteiger partial charge on any atom is -0.456 e. The summed E-state index contributed by atoms with van der Waals surface area (Å²) in [6.45, 7) is 1.66. The Morgan fingerprint density at radius 1 is 0.870 bits per heavy atom. The molecule has 0 saturated carbocycles. The Kier molecular flexibility index (Phi) is 3.13. The second-order valence-corrected chi connectivity index (χ2v) is 6.27. The van der Waals surface area contributed by atoms with Gasteiger partial charge in [-0.05, 0) is 40.6 Å². The van der Waals surface area contributed by atoms with E-state index in [1.54, 1.807) is 0 Å². The van der Waals surface area contributed by atoms with E-state index in [-0.39, 0.29) is 17.9 Å². The van der Waals surface area contributed by atoms with Gasteiger partial charge in [-0.1, -0.05) is 30.3 Å². The second kappa shape index (κ2) is 4.96. The molecule has 1 aromatic heterocycles. The second-order valence-electron chi connectivity index (χ2n) is 6.27. The lowest BCUT2D eigenvalue weighted by atomic mass is 9.85. The third kappa shape index (κ3) is 2.05. The molecule has 0 amide bonds. The maximum atomic E-state index is 6.43. The van der Waals surface area contributed by atoms with Gasteiger partial charge in [0.05, 0.1) is 5.54 Å². The first-order valence-corrected chi connectivity index (χ1v) is 7.58. The fraction of sp³-hybridized carbons (Fsp3) is 0.158. The van der Waals surface area contributed by atoms with Gasteiger partial charge in [0.1, 0.15) is 11.2 Å². The van der Waals surface area contributed by atoms with E-state index in [1.807, 2.05) is 6.07 Å². The van der Waals surface area contributed by atoms with Gasteiger partial charge in [0.15, 0.2) is 0 Å². The molecule has 4 aromatic rings. The van der Waals surface area contributed by atoms with E-state index in [9.17, 15) is 0 Å². The normalized spacial score (nSPS) is 16.4. The predicted molar refractivity (Wildman–Crippen MR) is 97.2 cm³/mol. The summed E-state index contributed by atoms with van der Waals surface area (Å²) in [5, 5.41) is 8.00. The largest absolute Gasteiger partial charge is 0.456 e. The number of fused-ring (bicyclic) bond motifs is 4. The lowest BCUT2D eigenvalue weighted by Crippen LogP contribution is -2.62. The predicted octanol–water partition coefficient (Wildman–Crippen LogP) is 3.92. The van der Waals surface area contributed by atoms with Crippen molar-refractivity contribution in [2.24, 2.45) is 5.73 Å². The van der Waals surface area contributed by atoms with Crippen molar-refractivity contribution in [3.63, 3.8) is 0 Å². The smallest absolute Gasteiger partial charge is 0.136 e. The van der Waals surface area contributed by atoms with E-state index < -0.39 is 0 Å². The van der Waals surface area contributed by atoms with Crippen LogP contribution in [0.2, 0.25) is 0 Å². The van der Waals surface area contributed by atoms with E-state index in [1.165, 1.54) is 16.3 Å². The highest BCUT2D eigenvalue weighted by molar-refractivity contribution is 6.10. The SMILES string of the molecule is Cl.NC1(c2ccc3oc4cc5ccccc5cc4c3c2)CNC1.